The van der Waals surface area contributed by atoms with E-state index in [1.807, 2.05) is 0 Å². The van der Waals surface area contributed by atoms with Crippen molar-refractivity contribution in [1.82, 2.24) is 0 Å². The van der Waals surface area contributed by atoms with Crippen molar-refractivity contribution < 1.29 is 4.48 Å². The third kappa shape index (κ3) is 3.55. The van der Waals surface area contributed by atoms with Gasteiger partial charge in [0, 0.05) is 12.3 Å². The summed E-state index contributed by atoms with van der Waals surface area (Å²) in [6, 6.07) is 0. The third-order valence-electron chi connectivity index (χ3n) is 7.75. The van der Waals surface area contributed by atoms with E-state index in [1.165, 1.54) is 62.5 Å². The molecule has 1 aliphatic heterocycles. The first-order valence-electron chi connectivity index (χ1n) is 9.98. The molecule has 22 heavy (non-hydrogen) atoms. The Morgan fingerprint density at radius 2 is 1.82 bits per heavy atom. The Balaban J connectivity index is 2.26. The number of piperidine rings is 1. The highest BCUT2D eigenvalue weighted by Crippen LogP contribution is 2.55. The second-order valence-electron chi connectivity index (χ2n) is 10.1. The maximum Gasteiger partial charge on any atom is 0.0816 e. The Morgan fingerprint density at radius 3 is 2.41 bits per heavy atom. The van der Waals surface area contributed by atoms with Gasteiger partial charge in [-0.3, -0.25) is 0 Å². The fourth-order valence-electron chi connectivity index (χ4n) is 5.98. The van der Waals surface area contributed by atoms with Crippen molar-refractivity contribution in [3.05, 3.63) is 0 Å². The normalized spacial score (nSPS) is 39.1. The van der Waals surface area contributed by atoms with Gasteiger partial charge >= 0.3 is 0 Å². The van der Waals surface area contributed by atoms with Gasteiger partial charge in [-0.05, 0) is 48.3 Å². The lowest BCUT2D eigenvalue weighted by atomic mass is 9.64. The van der Waals surface area contributed by atoms with Crippen LogP contribution in [0, 0.1) is 28.6 Å². The molecule has 2 rings (SSSR count). The van der Waals surface area contributed by atoms with Gasteiger partial charge in [0.25, 0.3) is 0 Å². The van der Waals surface area contributed by atoms with E-state index in [9.17, 15) is 0 Å². The fraction of sp³-hybridized carbons (Fsp3) is 1.00. The number of hydrogen-bond donors (Lipinski definition) is 0. The van der Waals surface area contributed by atoms with Crippen molar-refractivity contribution in [2.24, 2.45) is 28.6 Å². The van der Waals surface area contributed by atoms with Crippen LogP contribution >= 0.6 is 0 Å². The molecule has 0 spiro atoms. The standard InChI is InChI=1S/C21H42N/c1-8-11-21-12-10-19(20(4,5)9-2)17(3)15-18(21)16-22(6,7)14-13-21/h17-19H,8-16H2,1-7H3/q+1. The minimum atomic E-state index is 0.519. The van der Waals surface area contributed by atoms with E-state index in [0.717, 1.165) is 17.8 Å². The van der Waals surface area contributed by atoms with Crippen LogP contribution in [-0.4, -0.2) is 31.7 Å². The number of nitrogens with zero attached hydrogens (tertiary/aromatic N) is 1. The first-order valence-corrected chi connectivity index (χ1v) is 9.98. The van der Waals surface area contributed by atoms with Crippen LogP contribution in [0.15, 0.2) is 0 Å². The van der Waals surface area contributed by atoms with Gasteiger partial charge in [-0.2, -0.15) is 0 Å². The fourth-order valence-corrected chi connectivity index (χ4v) is 5.98. The van der Waals surface area contributed by atoms with Crippen LogP contribution in [0.5, 0.6) is 0 Å². The van der Waals surface area contributed by atoms with E-state index in [4.69, 9.17) is 0 Å². The maximum absolute atomic E-state index is 2.57. The van der Waals surface area contributed by atoms with Crippen LogP contribution in [0.3, 0.4) is 0 Å². The Labute approximate surface area is 140 Å². The van der Waals surface area contributed by atoms with Crippen LogP contribution in [0.25, 0.3) is 0 Å². The van der Waals surface area contributed by atoms with E-state index < -0.39 is 0 Å². The molecule has 0 bridgehead atoms. The predicted octanol–water partition coefficient (Wildman–Crippen LogP) is 5.74. The minimum Gasteiger partial charge on any atom is -0.328 e. The number of likely N-dealkylation sites (tertiary alicyclic amines) is 1. The summed E-state index contributed by atoms with van der Waals surface area (Å²) in [6.07, 6.45) is 10.1. The zero-order chi connectivity index (χ0) is 16.6. The molecule has 0 N–H and O–H groups in total. The first-order chi connectivity index (χ1) is 10.2. The molecule has 4 atom stereocenters. The molecule has 130 valence electrons. The van der Waals surface area contributed by atoms with E-state index >= 15 is 0 Å². The molecule has 1 saturated carbocycles. The molecule has 1 heterocycles. The smallest absolute Gasteiger partial charge is 0.0816 e. The molecule has 2 aliphatic rings. The molecule has 0 amide bonds. The summed E-state index contributed by atoms with van der Waals surface area (Å²) in [4.78, 5) is 0. The molecule has 0 radical (unpaired) electrons. The van der Waals surface area contributed by atoms with Gasteiger partial charge < -0.3 is 4.48 Å². The minimum absolute atomic E-state index is 0.519. The number of hydrogen-bond acceptors (Lipinski definition) is 0. The highest BCUT2D eigenvalue weighted by Gasteiger charge is 2.50. The Bertz CT molecular complexity index is 370. The Kier molecular flexibility index (Phi) is 5.37. The van der Waals surface area contributed by atoms with Gasteiger partial charge in [-0.15, -0.1) is 0 Å². The summed E-state index contributed by atoms with van der Waals surface area (Å²) < 4.78 is 1.25. The van der Waals surface area contributed by atoms with Crippen molar-refractivity contribution in [3.8, 4) is 0 Å². The Morgan fingerprint density at radius 1 is 1.14 bits per heavy atom. The van der Waals surface area contributed by atoms with Crippen molar-refractivity contribution in [2.75, 3.05) is 27.2 Å². The average molecular weight is 309 g/mol. The van der Waals surface area contributed by atoms with Crippen LogP contribution in [0.4, 0.5) is 0 Å². The lowest BCUT2D eigenvalue weighted by Gasteiger charge is -2.50. The molecule has 0 aromatic rings. The summed E-state index contributed by atoms with van der Waals surface area (Å²) in [5.41, 5.74) is 1.19. The molecule has 0 aromatic carbocycles. The molecular weight excluding hydrogens is 266 g/mol. The van der Waals surface area contributed by atoms with E-state index in [-0.39, 0.29) is 0 Å². The summed E-state index contributed by atoms with van der Waals surface area (Å²) in [5, 5.41) is 0. The topological polar surface area (TPSA) is 0 Å². The second-order valence-corrected chi connectivity index (χ2v) is 10.1. The molecule has 1 nitrogen and oxygen atoms in total. The summed E-state index contributed by atoms with van der Waals surface area (Å²) in [6.45, 7) is 15.2. The Hall–Kier alpha value is -0.0400. The van der Waals surface area contributed by atoms with Crippen molar-refractivity contribution in [2.45, 2.75) is 79.6 Å². The van der Waals surface area contributed by atoms with Crippen LogP contribution in [-0.2, 0) is 0 Å². The lowest BCUT2D eigenvalue weighted by Crippen LogP contribution is -2.55. The monoisotopic (exact) mass is 308 g/mol. The molecule has 1 aliphatic carbocycles. The van der Waals surface area contributed by atoms with Crippen LogP contribution in [0.2, 0.25) is 0 Å². The molecule has 2 fully saturated rings. The van der Waals surface area contributed by atoms with Crippen molar-refractivity contribution in [1.29, 1.82) is 0 Å². The second kappa shape index (κ2) is 6.46. The highest BCUT2D eigenvalue weighted by molar-refractivity contribution is 4.96. The third-order valence-corrected chi connectivity index (χ3v) is 7.75. The zero-order valence-corrected chi connectivity index (χ0v) is 16.5. The van der Waals surface area contributed by atoms with Gasteiger partial charge in [0.15, 0.2) is 0 Å². The average Bonchev–Trinajstić information content (AvgIpc) is 2.55. The lowest BCUT2D eigenvalue weighted by molar-refractivity contribution is -0.902. The van der Waals surface area contributed by atoms with Crippen molar-refractivity contribution >= 4 is 0 Å². The molecule has 1 heteroatoms. The summed E-state index contributed by atoms with van der Waals surface area (Å²) >= 11 is 0. The largest absolute Gasteiger partial charge is 0.328 e. The van der Waals surface area contributed by atoms with E-state index in [1.54, 1.807) is 0 Å². The molecule has 0 aromatic heterocycles. The zero-order valence-electron chi connectivity index (χ0n) is 16.5. The van der Waals surface area contributed by atoms with E-state index in [2.05, 4.69) is 48.7 Å². The number of fused-ring (bicyclic) bond motifs is 1. The van der Waals surface area contributed by atoms with Gasteiger partial charge in [-0.25, -0.2) is 0 Å². The van der Waals surface area contributed by atoms with Gasteiger partial charge in [-0.1, -0.05) is 47.5 Å². The quantitative estimate of drug-likeness (QED) is 0.581. The molecule has 4 unspecified atom stereocenters. The van der Waals surface area contributed by atoms with Crippen LogP contribution < -0.4 is 0 Å². The van der Waals surface area contributed by atoms with E-state index in [0.29, 0.717) is 10.8 Å². The SMILES string of the molecule is CCCC12CCC(C(C)(C)CC)C(C)CC1C[N+](C)(C)CC2. The van der Waals surface area contributed by atoms with Gasteiger partial charge in [0.1, 0.15) is 0 Å². The number of quaternary nitrogens is 1. The van der Waals surface area contributed by atoms with Gasteiger partial charge in [0.05, 0.1) is 27.2 Å². The summed E-state index contributed by atoms with van der Waals surface area (Å²) in [5.74, 6) is 2.79. The highest BCUT2D eigenvalue weighted by atomic mass is 15.3. The van der Waals surface area contributed by atoms with Crippen LogP contribution in [0.1, 0.15) is 79.6 Å². The van der Waals surface area contributed by atoms with Crippen molar-refractivity contribution in [3.63, 3.8) is 0 Å². The maximum atomic E-state index is 2.57. The summed E-state index contributed by atoms with van der Waals surface area (Å²) in [7, 11) is 4.91. The molecule has 1 saturated heterocycles. The first kappa shape index (κ1) is 18.3. The molecular formula is C21H42N+. The van der Waals surface area contributed by atoms with Gasteiger partial charge in [0.2, 0.25) is 0 Å². The number of rotatable bonds is 4. The predicted molar refractivity (Wildman–Crippen MR) is 97.9 cm³/mol.